The van der Waals surface area contributed by atoms with Gasteiger partial charge in [0, 0.05) is 0 Å². The smallest absolute Gasteiger partial charge is 0.356 e. The Balaban J connectivity index is 1.67. The van der Waals surface area contributed by atoms with Crippen molar-refractivity contribution in [1.82, 2.24) is 0 Å². The third kappa shape index (κ3) is 1.82. The Morgan fingerprint density at radius 1 is 0.857 bits per heavy atom. The molecule has 0 saturated heterocycles. The maximum absolute atomic E-state index is 12.2. The molecule has 0 saturated carbocycles. The lowest BCUT2D eigenvalue weighted by Gasteiger charge is -2.14. The van der Waals surface area contributed by atoms with Crippen molar-refractivity contribution in [3.63, 3.8) is 0 Å². The van der Waals surface area contributed by atoms with E-state index in [4.69, 9.17) is 0 Å². The molecular weight excluding hydrogens is 276 g/mol. The summed E-state index contributed by atoms with van der Waals surface area (Å²) in [6.07, 6.45) is 5.22. The number of azo groups is 1. The molecule has 0 radical (unpaired) electrons. The molecule has 0 aromatic carbocycles. The van der Waals surface area contributed by atoms with Crippen molar-refractivity contribution in [2.24, 2.45) is 45.1 Å². The van der Waals surface area contributed by atoms with Crippen molar-refractivity contribution in [1.29, 1.82) is 0 Å². The fourth-order valence-electron chi connectivity index (χ4n) is 1.98. The van der Waals surface area contributed by atoms with Crippen molar-refractivity contribution >= 4 is 48.7 Å². The van der Waals surface area contributed by atoms with E-state index >= 15 is 0 Å². The zero-order valence-corrected chi connectivity index (χ0v) is 10.3. The molecule has 4 heterocycles. The Morgan fingerprint density at radius 3 is 2.33 bits per heavy atom. The average Bonchev–Trinajstić information content (AvgIpc) is 3.15. The van der Waals surface area contributed by atoms with Gasteiger partial charge in [-0.15, -0.1) is 4.86 Å². The third-order valence-electron chi connectivity index (χ3n) is 2.94. The highest BCUT2D eigenvalue weighted by atomic mass is 16.5. The Bertz CT molecular complexity index is 778. The summed E-state index contributed by atoms with van der Waals surface area (Å²) in [6.45, 7) is 0. The van der Waals surface area contributed by atoms with Crippen LogP contribution in [0.3, 0.4) is 0 Å². The van der Waals surface area contributed by atoms with E-state index in [1.54, 1.807) is 0 Å². The molecule has 4 aliphatic heterocycles. The number of aliphatic imine (C=N–C) groups is 8. The fraction of sp³-hybridized carbons (Fsp3) is 0.200. The molecular formula is C10H6N10O. The third-order valence-corrected chi connectivity index (χ3v) is 2.94. The summed E-state index contributed by atoms with van der Waals surface area (Å²) in [5.74, 6) is 1.12. The molecule has 0 N–H and O–H groups in total. The molecule has 4 aliphatic rings. The van der Waals surface area contributed by atoms with Crippen LogP contribution in [0.1, 0.15) is 0 Å². The monoisotopic (exact) mass is 282 g/mol. The molecule has 0 spiro atoms. The van der Waals surface area contributed by atoms with Gasteiger partial charge in [0.1, 0.15) is 19.0 Å². The highest BCUT2D eigenvalue weighted by Gasteiger charge is 2.35. The Kier molecular flexibility index (Phi) is 2.43. The lowest BCUT2D eigenvalue weighted by Crippen LogP contribution is -2.36. The van der Waals surface area contributed by atoms with E-state index in [1.807, 2.05) is 0 Å². The number of nitrogens with zero attached hydrogens (tertiary/aromatic N) is 10. The normalized spacial score (nSPS) is 28.9. The van der Waals surface area contributed by atoms with Crippen LogP contribution in [-0.4, -0.2) is 65.6 Å². The summed E-state index contributed by atoms with van der Waals surface area (Å²) >= 11 is 0. The van der Waals surface area contributed by atoms with Gasteiger partial charge in [-0.3, -0.25) is 4.99 Å². The average molecular weight is 282 g/mol. The van der Waals surface area contributed by atoms with E-state index in [1.165, 1.54) is 25.4 Å². The molecule has 0 bridgehead atoms. The van der Waals surface area contributed by atoms with Gasteiger partial charge in [0.15, 0.2) is 17.7 Å². The molecule has 2 unspecified atom stereocenters. The first-order valence-corrected chi connectivity index (χ1v) is 5.91. The molecule has 0 aromatic heterocycles. The number of fused-ring (bicyclic) bond motifs is 2. The highest BCUT2D eigenvalue weighted by Crippen LogP contribution is 2.13. The Hall–Kier alpha value is -3.24. The van der Waals surface area contributed by atoms with Crippen LogP contribution in [0.2, 0.25) is 0 Å². The molecule has 102 valence electrons. The van der Waals surface area contributed by atoms with E-state index in [-0.39, 0.29) is 11.7 Å². The highest BCUT2D eigenvalue weighted by molar-refractivity contribution is 6.20. The van der Waals surface area contributed by atoms with Crippen molar-refractivity contribution < 1.29 is 4.86 Å². The summed E-state index contributed by atoms with van der Waals surface area (Å²) in [5.41, 5.74) is 0. The van der Waals surface area contributed by atoms with E-state index in [0.717, 1.165) is 0 Å². The maximum Gasteiger partial charge on any atom is 0.356 e. The predicted octanol–water partition coefficient (Wildman–Crippen LogP) is -0.552. The van der Waals surface area contributed by atoms with Crippen molar-refractivity contribution in [3.05, 3.63) is 5.21 Å². The minimum atomic E-state index is -0.630. The molecule has 11 nitrogen and oxygen atoms in total. The summed E-state index contributed by atoms with van der Waals surface area (Å²) in [5, 5.41) is 16.1. The molecule has 0 fully saturated rings. The molecule has 0 aromatic rings. The zero-order valence-electron chi connectivity index (χ0n) is 10.3. The largest absolute Gasteiger partial charge is 0.691 e. The lowest BCUT2D eigenvalue weighted by atomic mass is 10.2. The maximum atomic E-state index is 12.2. The molecule has 2 atom stereocenters. The lowest BCUT2D eigenvalue weighted by molar-refractivity contribution is -0.402. The van der Waals surface area contributed by atoms with Gasteiger partial charge < -0.3 is 5.21 Å². The number of hydrogen-bond acceptors (Lipinski definition) is 10. The first-order chi connectivity index (χ1) is 10.3. The summed E-state index contributed by atoms with van der Waals surface area (Å²) in [7, 11) is 0. The summed E-state index contributed by atoms with van der Waals surface area (Å²) in [6, 6.07) is -1.18. The summed E-state index contributed by atoms with van der Waals surface area (Å²) in [4.78, 5) is 32.1. The first-order valence-electron chi connectivity index (χ1n) is 5.91. The van der Waals surface area contributed by atoms with Crippen LogP contribution >= 0.6 is 0 Å². The van der Waals surface area contributed by atoms with Crippen LogP contribution in [0.25, 0.3) is 0 Å². The van der Waals surface area contributed by atoms with Gasteiger partial charge in [-0.2, -0.15) is 4.99 Å². The quantitative estimate of drug-likeness (QED) is 0.328. The van der Waals surface area contributed by atoms with Gasteiger partial charge in [0.2, 0.25) is 18.2 Å². The second-order valence-electron chi connectivity index (χ2n) is 4.15. The predicted molar refractivity (Wildman–Crippen MR) is 77.3 cm³/mol. The SMILES string of the molecule is [O-][N+](=NC1=NC=NC2=NC=NC21)C1=NC=NC2=NC=NC21. The number of amidine groups is 4. The molecule has 11 heteroatoms. The van der Waals surface area contributed by atoms with Crippen LogP contribution < -0.4 is 0 Å². The Morgan fingerprint density at radius 2 is 1.52 bits per heavy atom. The van der Waals surface area contributed by atoms with Gasteiger partial charge >= 0.3 is 5.84 Å². The molecule has 0 aliphatic carbocycles. The standard InChI is InChI=1S/C10H6N10O/c21-20(10-6-8(14-2-12-6)16-4-18-10)19-9-5-7(13-1-11-5)15-3-17-9/h1-6H. The van der Waals surface area contributed by atoms with Crippen LogP contribution in [0.15, 0.2) is 45.1 Å². The van der Waals surface area contributed by atoms with Gasteiger partial charge in [-0.1, -0.05) is 5.11 Å². The molecule has 21 heavy (non-hydrogen) atoms. The first kappa shape index (κ1) is 11.6. The second-order valence-corrected chi connectivity index (χ2v) is 4.15. The Labute approximate surface area is 117 Å². The van der Waals surface area contributed by atoms with Crippen molar-refractivity contribution in [2.75, 3.05) is 0 Å². The zero-order chi connectivity index (χ0) is 14.2. The summed E-state index contributed by atoms with van der Waals surface area (Å²) < 4.78 is 0. The topological polar surface area (TPSA) is 137 Å². The second kappa shape index (κ2) is 4.40. The van der Waals surface area contributed by atoms with E-state index < -0.39 is 12.1 Å². The minimum Gasteiger partial charge on any atom is -0.691 e. The van der Waals surface area contributed by atoms with E-state index in [9.17, 15) is 5.21 Å². The van der Waals surface area contributed by atoms with Crippen molar-refractivity contribution in [2.45, 2.75) is 12.1 Å². The van der Waals surface area contributed by atoms with Gasteiger partial charge in [-0.05, 0) is 4.99 Å². The van der Waals surface area contributed by atoms with Crippen LogP contribution in [0.5, 0.6) is 0 Å². The van der Waals surface area contributed by atoms with Crippen LogP contribution in [-0.2, 0) is 0 Å². The molecule has 4 rings (SSSR count). The fourth-order valence-corrected chi connectivity index (χ4v) is 1.98. The van der Waals surface area contributed by atoms with E-state index in [2.05, 4.69) is 45.1 Å². The van der Waals surface area contributed by atoms with Gasteiger partial charge in [0.25, 0.3) is 0 Å². The van der Waals surface area contributed by atoms with Gasteiger partial charge in [0.05, 0.1) is 0 Å². The van der Waals surface area contributed by atoms with Gasteiger partial charge in [-0.25, -0.2) is 25.0 Å². The van der Waals surface area contributed by atoms with Crippen LogP contribution in [0.4, 0.5) is 0 Å². The number of rotatable bonds is 0. The minimum absolute atomic E-state index is 0.0724. The van der Waals surface area contributed by atoms with Crippen molar-refractivity contribution in [3.8, 4) is 0 Å². The number of hydrogen-bond donors (Lipinski definition) is 0. The number of hydroxylamine groups is 1. The van der Waals surface area contributed by atoms with Crippen LogP contribution in [0, 0.1) is 5.21 Å². The molecule has 0 amide bonds. The van der Waals surface area contributed by atoms with E-state index in [0.29, 0.717) is 16.5 Å².